The van der Waals surface area contributed by atoms with Gasteiger partial charge >= 0.3 is 0 Å². The van der Waals surface area contributed by atoms with E-state index >= 15 is 0 Å². The topological polar surface area (TPSA) is 68.0 Å². The summed E-state index contributed by atoms with van der Waals surface area (Å²) in [7, 11) is 0. The van der Waals surface area contributed by atoms with Crippen LogP contribution in [-0.4, -0.2) is 16.9 Å². The quantitative estimate of drug-likeness (QED) is 0.863. The van der Waals surface area contributed by atoms with Gasteiger partial charge < -0.3 is 11.1 Å². The van der Waals surface area contributed by atoms with Crippen molar-refractivity contribution in [2.75, 3.05) is 5.32 Å². The van der Waals surface area contributed by atoms with E-state index in [1.807, 2.05) is 25.3 Å². The van der Waals surface area contributed by atoms with Gasteiger partial charge in [0.25, 0.3) is 0 Å². The first-order chi connectivity index (χ1) is 9.51. The molecule has 0 aliphatic rings. The third kappa shape index (κ3) is 4.51. The number of rotatable bonds is 5. The number of amides is 1. The van der Waals surface area contributed by atoms with Crippen molar-refractivity contribution >= 4 is 46.1 Å². The number of nitrogens with one attached hydrogen (secondary N) is 1. The highest BCUT2D eigenvalue weighted by molar-refractivity contribution is 7.17. The smallest absolute Gasteiger partial charge is 0.243 e. The first-order valence-electron chi connectivity index (χ1n) is 6.60. The maximum atomic E-state index is 12.0. The highest BCUT2D eigenvalue weighted by atomic mass is 35.5. The largest absolute Gasteiger partial charge is 0.320 e. The third-order valence-electron chi connectivity index (χ3n) is 3.29. The Labute approximate surface area is 139 Å². The summed E-state index contributed by atoms with van der Waals surface area (Å²) >= 11 is 3.12. The number of thiazole rings is 1. The van der Waals surface area contributed by atoms with Gasteiger partial charge in [0, 0.05) is 10.3 Å². The molecule has 0 saturated carbocycles. The Balaban J connectivity index is 0.00000220. The van der Waals surface area contributed by atoms with Gasteiger partial charge in [-0.1, -0.05) is 20.3 Å². The molecule has 2 aromatic heterocycles. The van der Waals surface area contributed by atoms with E-state index in [9.17, 15) is 4.79 Å². The average Bonchev–Trinajstić information content (AvgIpc) is 3.05. The van der Waals surface area contributed by atoms with Crippen molar-refractivity contribution in [3.63, 3.8) is 0 Å². The molecule has 0 bridgehead atoms. The minimum absolute atomic E-state index is 0. The number of halogens is 1. The molecule has 116 valence electrons. The van der Waals surface area contributed by atoms with E-state index in [4.69, 9.17) is 5.73 Å². The van der Waals surface area contributed by atoms with Crippen LogP contribution in [0.25, 0.3) is 10.6 Å². The number of nitrogens with zero attached hydrogens (tertiary/aromatic N) is 1. The standard InChI is InChI=1S/C14H19N3OS2.ClH/c1-4-8(2)12(15)13(18)17-14-16-10(7-19-14)11-6-5-9(3)20-11;/h5-8,12H,4,15H2,1-3H3,(H,16,17,18);1H. The number of hydrogen-bond donors (Lipinski definition) is 2. The van der Waals surface area contributed by atoms with Gasteiger partial charge in [-0.15, -0.1) is 35.1 Å². The molecule has 3 N–H and O–H groups in total. The fourth-order valence-corrected chi connectivity index (χ4v) is 3.33. The minimum atomic E-state index is -0.490. The maximum absolute atomic E-state index is 12.0. The van der Waals surface area contributed by atoms with E-state index in [1.165, 1.54) is 16.2 Å². The summed E-state index contributed by atoms with van der Waals surface area (Å²) in [5.74, 6) is -0.00279. The summed E-state index contributed by atoms with van der Waals surface area (Å²) < 4.78 is 0. The second kappa shape index (κ2) is 7.89. The molecule has 4 nitrogen and oxygen atoms in total. The van der Waals surface area contributed by atoms with Crippen molar-refractivity contribution in [2.45, 2.75) is 33.2 Å². The van der Waals surface area contributed by atoms with E-state index in [1.54, 1.807) is 11.3 Å². The lowest BCUT2D eigenvalue weighted by atomic mass is 10.00. The molecule has 2 atom stereocenters. The zero-order chi connectivity index (χ0) is 14.7. The number of carbonyl (C=O) groups is 1. The Morgan fingerprint density at radius 1 is 1.48 bits per heavy atom. The van der Waals surface area contributed by atoms with Gasteiger partial charge in [0.2, 0.25) is 5.91 Å². The van der Waals surface area contributed by atoms with Crippen molar-refractivity contribution in [1.82, 2.24) is 4.98 Å². The molecule has 2 heterocycles. The molecule has 2 aromatic rings. The van der Waals surface area contributed by atoms with Crippen LogP contribution in [0.4, 0.5) is 5.13 Å². The van der Waals surface area contributed by atoms with Crippen molar-refractivity contribution in [2.24, 2.45) is 11.7 Å². The highest BCUT2D eigenvalue weighted by Gasteiger charge is 2.20. The number of nitrogens with two attached hydrogens (primary N) is 1. The van der Waals surface area contributed by atoms with E-state index in [2.05, 4.69) is 23.3 Å². The van der Waals surface area contributed by atoms with Crippen LogP contribution in [0.3, 0.4) is 0 Å². The molecule has 0 saturated heterocycles. The van der Waals surface area contributed by atoms with Gasteiger partial charge in [-0.2, -0.15) is 0 Å². The molecule has 21 heavy (non-hydrogen) atoms. The summed E-state index contributed by atoms with van der Waals surface area (Å²) in [5, 5.41) is 5.36. The SMILES string of the molecule is CCC(C)C(N)C(=O)Nc1nc(-c2ccc(C)s2)cs1.Cl. The predicted octanol–water partition coefficient (Wildman–Crippen LogP) is 3.91. The van der Waals surface area contributed by atoms with Crippen LogP contribution >= 0.6 is 35.1 Å². The lowest BCUT2D eigenvalue weighted by Crippen LogP contribution is -2.40. The fraction of sp³-hybridized carbons (Fsp3) is 0.429. The molecule has 7 heteroatoms. The Hall–Kier alpha value is -0.950. The van der Waals surface area contributed by atoms with Crippen molar-refractivity contribution < 1.29 is 4.79 Å². The first kappa shape index (κ1) is 18.1. The molecule has 0 aliphatic carbocycles. The summed E-state index contributed by atoms with van der Waals surface area (Å²) in [6.45, 7) is 6.07. The third-order valence-corrected chi connectivity index (χ3v) is 5.07. The zero-order valence-electron chi connectivity index (χ0n) is 12.3. The summed E-state index contributed by atoms with van der Waals surface area (Å²) in [5.41, 5.74) is 6.81. The van der Waals surface area contributed by atoms with E-state index in [0.29, 0.717) is 5.13 Å². The van der Waals surface area contributed by atoms with Gasteiger partial charge in [0.15, 0.2) is 5.13 Å². The second-order valence-corrected chi connectivity index (χ2v) is 6.99. The lowest BCUT2D eigenvalue weighted by molar-refractivity contribution is -0.118. The van der Waals surface area contributed by atoms with E-state index in [-0.39, 0.29) is 24.2 Å². The van der Waals surface area contributed by atoms with Gasteiger partial charge in [-0.05, 0) is 25.0 Å². The maximum Gasteiger partial charge on any atom is 0.243 e. The molecule has 0 fully saturated rings. The molecule has 1 amide bonds. The Bertz CT molecular complexity index is 597. The highest BCUT2D eigenvalue weighted by Crippen LogP contribution is 2.30. The van der Waals surface area contributed by atoms with Gasteiger partial charge in [-0.25, -0.2) is 4.98 Å². The number of thiophene rings is 1. The summed E-state index contributed by atoms with van der Waals surface area (Å²) in [6, 6.07) is 3.62. The van der Waals surface area contributed by atoms with Crippen molar-refractivity contribution in [3.05, 3.63) is 22.4 Å². The Morgan fingerprint density at radius 3 is 2.76 bits per heavy atom. The number of hydrogen-bond acceptors (Lipinski definition) is 5. The molecule has 0 spiro atoms. The average molecular weight is 346 g/mol. The van der Waals surface area contributed by atoms with E-state index in [0.717, 1.165) is 17.0 Å². The number of carbonyl (C=O) groups excluding carboxylic acids is 1. The van der Waals surface area contributed by atoms with Crippen molar-refractivity contribution in [3.8, 4) is 10.6 Å². The van der Waals surface area contributed by atoms with Gasteiger partial charge in [0.05, 0.1) is 16.6 Å². The minimum Gasteiger partial charge on any atom is -0.320 e. The molecule has 2 unspecified atom stereocenters. The lowest BCUT2D eigenvalue weighted by Gasteiger charge is -2.16. The fourth-order valence-electron chi connectivity index (χ4n) is 1.72. The number of aryl methyl sites for hydroxylation is 1. The van der Waals surface area contributed by atoms with Gasteiger partial charge in [-0.3, -0.25) is 4.79 Å². The van der Waals surface area contributed by atoms with Crippen LogP contribution in [0.2, 0.25) is 0 Å². The normalized spacial score (nSPS) is 13.3. The monoisotopic (exact) mass is 345 g/mol. The Morgan fingerprint density at radius 2 is 2.19 bits per heavy atom. The second-order valence-electron chi connectivity index (χ2n) is 4.85. The van der Waals surface area contributed by atoms with Crippen LogP contribution in [0.1, 0.15) is 25.1 Å². The molecule has 0 aliphatic heterocycles. The number of aromatic nitrogens is 1. The molecule has 2 rings (SSSR count). The predicted molar refractivity (Wildman–Crippen MR) is 93.5 cm³/mol. The van der Waals surface area contributed by atoms with E-state index < -0.39 is 6.04 Å². The zero-order valence-corrected chi connectivity index (χ0v) is 14.7. The van der Waals surface area contributed by atoms with Crippen LogP contribution in [-0.2, 0) is 4.79 Å². The molecular formula is C14H20ClN3OS2. The van der Waals surface area contributed by atoms with Gasteiger partial charge in [0.1, 0.15) is 0 Å². The molecular weight excluding hydrogens is 326 g/mol. The molecule has 0 aromatic carbocycles. The Kier molecular flexibility index (Phi) is 6.80. The van der Waals surface area contributed by atoms with Crippen LogP contribution in [0.15, 0.2) is 17.5 Å². The summed E-state index contributed by atoms with van der Waals surface area (Å²) in [6.07, 6.45) is 0.881. The van der Waals surface area contributed by atoms with Crippen molar-refractivity contribution in [1.29, 1.82) is 0 Å². The number of anilines is 1. The molecule has 0 radical (unpaired) electrons. The first-order valence-corrected chi connectivity index (χ1v) is 8.29. The summed E-state index contributed by atoms with van der Waals surface area (Å²) in [4.78, 5) is 18.8. The van der Waals surface area contributed by atoms with Crippen LogP contribution < -0.4 is 11.1 Å². The van der Waals surface area contributed by atoms with Crippen LogP contribution in [0.5, 0.6) is 0 Å². The van der Waals surface area contributed by atoms with Crippen LogP contribution in [0, 0.1) is 12.8 Å².